The second-order valence-electron chi connectivity index (χ2n) is 4.06. The normalized spacial score (nSPS) is 12.9. The van der Waals surface area contributed by atoms with E-state index in [0.717, 1.165) is 29.7 Å². The molecule has 0 aliphatic heterocycles. The summed E-state index contributed by atoms with van der Waals surface area (Å²) < 4.78 is 8.22. The van der Waals surface area contributed by atoms with Gasteiger partial charge in [0.2, 0.25) is 0 Å². The number of methoxy groups -OCH3 is 1. The molecule has 0 saturated carbocycles. The second kappa shape index (κ2) is 8.96. The minimum atomic E-state index is 0.327. The van der Waals surface area contributed by atoms with Crippen molar-refractivity contribution < 1.29 is 4.74 Å². The van der Waals surface area contributed by atoms with E-state index in [9.17, 15) is 0 Å². The molecule has 18 heavy (non-hydrogen) atoms. The fourth-order valence-corrected chi connectivity index (χ4v) is 2.98. The van der Waals surface area contributed by atoms with Crippen LogP contribution >= 0.6 is 27.7 Å². The Bertz CT molecular complexity index is 346. The maximum absolute atomic E-state index is 5.13. The number of nitrogens with one attached hydrogen (secondary N) is 1. The van der Waals surface area contributed by atoms with Gasteiger partial charge < -0.3 is 10.1 Å². The van der Waals surface area contributed by atoms with Crippen LogP contribution in [0.5, 0.6) is 0 Å². The van der Waals surface area contributed by atoms with Crippen molar-refractivity contribution in [2.45, 2.75) is 25.9 Å². The van der Waals surface area contributed by atoms with Gasteiger partial charge in [-0.2, -0.15) is 16.9 Å². The molecule has 6 heteroatoms. The predicted octanol–water partition coefficient (Wildman–Crippen LogP) is 2.70. The van der Waals surface area contributed by atoms with E-state index in [4.69, 9.17) is 4.74 Å². The number of rotatable bonds is 9. The molecule has 1 N–H and O–H groups in total. The van der Waals surface area contributed by atoms with Crippen LogP contribution in [0.25, 0.3) is 0 Å². The average molecular weight is 336 g/mol. The molecule has 0 aliphatic carbocycles. The van der Waals surface area contributed by atoms with Gasteiger partial charge in [0.25, 0.3) is 0 Å². The van der Waals surface area contributed by atoms with E-state index in [1.165, 1.54) is 5.69 Å². The molecular weight excluding hydrogens is 314 g/mol. The molecule has 1 aromatic rings. The summed E-state index contributed by atoms with van der Waals surface area (Å²) >= 11 is 5.44. The van der Waals surface area contributed by atoms with Crippen molar-refractivity contribution in [2.75, 3.05) is 32.3 Å². The van der Waals surface area contributed by atoms with Crippen LogP contribution in [0.2, 0.25) is 0 Å². The molecule has 1 aromatic heterocycles. The summed E-state index contributed by atoms with van der Waals surface area (Å²) in [6.07, 6.45) is 5.13. The van der Waals surface area contributed by atoms with Crippen molar-refractivity contribution in [2.24, 2.45) is 0 Å². The number of hydrogen-bond acceptors (Lipinski definition) is 4. The fraction of sp³-hybridized carbons (Fsp3) is 0.750. The molecule has 0 spiro atoms. The molecule has 1 atom stereocenters. The number of ether oxygens (including phenoxy) is 1. The Hall–Kier alpha value is -0.0400. The van der Waals surface area contributed by atoms with Gasteiger partial charge in [0.1, 0.15) is 0 Å². The maximum atomic E-state index is 5.13. The molecule has 0 aromatic carbocycles. The van der Waals surface area contributed by atoms with Gasteiger partial charge in [-0.05, 0) is 35.2 Å². The summed E-state index contributed by atoms with van der Waals surface area (Å²) in [7, 11) is 1.72. The topological polar surface area (TPSA) is 39.1 Å². The van der Waals surface area contributed by atoms with Crippen LogP contribution < -0.4 is 5.32 Å². The maximum Gasteiger partial charge on any atom is 0.0705 e. The summed E-state index contributed by atoms with van der Waals surface area (Å²) in [5, 5.41) is 7.98. The zero-order valence-corrected chi connectivity index (χ0v) is 13.7. The summed E-state index contributed by atoms with van der Waals surface area (Å²) in [5.41, 5.74) is 1.22. The van der Waals surface area contributed by atoms with Crippen LogP contribution in [0.15, 0.2) is 10.7 Å². The molecule has 0 aliphatic rings. The van der Waals surface area contributed by atoms with Crippen molar-refractivity contribution in [3.8, 4) is 0 Å². The van der Waals surface area contributed by atoms with Gasteiger partial charge in [-0.3, -0.25) is 4.68 Å². The molecule has 104 valence electrons. The third-order valence-corrected chi connectivity index (χ3v) is 3.92. The van der Waals surface area contributed by atoms with Crippen molar-refractivity contribution in [3.63, 3.8) is 0 Å². The first kappa shape index (κ1) is 16.0. The van der Waals surface area contributed by atoms with E-state index >= 15 is 0 Å². The van der Waals surface area contributed by atoms with E-state index in [-0.39, 0.29) is 0 Å². The van der Waals surface area contributed by atoms with Gasteiger partial charge in [-0.25, -0.2) is 0 Å². The Morgan fingerprint density at radius 2 is 2.39 bits per heavy atom. The lowest BCUT2D eigenvalue weighted by Gasteiger charge is -2.19. The van der Waals surface area contributed by atoms with Crippen molar-refractivity contribution >= 4 is 27.7 Å². The first-order valence-electron chi connectivity index (χ1n) is 6.17. The Morgan fingerprint density at radius 1 is 1.61 bits per heavy atom. The van der Waals surface area contributed by atoms with E-state index < -0.39 is 0 Å². The smallest absolute Gasteiger partial charge is 0.0705 e. The number of thioether (sulfide) groups is 1. The Morgan fingerprint density at radius 3 is 3.00 bits per heavy atom. The molecule has 1 unspecified atom stereocenters. The highest BCUT2D eigenvalue weighted by Crippen LogP contribution is 2.25. The molecule has 0 radical (unpaired) electrons. The van der Waals surface area contributed by atoms with Crippen molar-refractivity contribution in [1.29, 1.82) is 0 Å². The molecule has 4 nitrogen and oxygen atoms in total. The number of aromatic nitrogens is 2. The molecule has 0 amide bonds. The zero-order chi connectivity index (χ0) is 13.4. The minimum absolute atomic E-state index is 0.327. The lowest BCUT2D eigenvalue weighted by atomic mass is 10.2. The first-order valence-corrected chi connectivity index (χ1v) is 8.35. The molecule has 0 bridgehead atoms. The van der Waals surface area contributed by atoms with Gasteiger partial charge in [-0.15, -0.1) is 0 Å². The lowest BCUT2D eigenvalue weighted by Crippen LogP contribution is -2.27. The monoisotopic (exact) mass is 335 g/mol. The molecule has 1 rings (SSSR count). The van der Waals surface area contributed by atoms with Gasteiger partial charge in [0.15, 0.2) is 0 Å². The van der Waals surface area contributed by atoms with Gasteiger partial charge in [0, 0.05) is 12.9 Å². The highest BCUT2D eigenvalue weighted by Gasteiger charge is 2.19. The Kier molecular flexibility index (Phi) is 7.97. The fourth-order valence-electron chi connectivity index (χ4n) is 1.79. The number of halogens is 1. The van der Waals surface area contributed by atoms with Crippen LogP contribution in [0, 0.1) is 0 Å². The van der Waals surface area contributed by atoms with Gasteiger partial charge in [0.05, 0.1) is 35.6 Å². The highest BCUT2D eigenvalue weighted by atomic mass is 79.9. The second-order valence-corrected chi connectivity index (χ2v) is 5.82. The lowest BCUT2D eigenvalue weighted by molar-refractivity contribution is 0.181. The molecule has 0 fully saturated rings. The van der Waals surface area contributed by atoms with Gasteiger partial charge >= 0.3 is 0 Å². The largest absolute Gasteiger partial charge is 0.383 e. The van der Waals surface area contributed by atoms with Crippen LogP contribution in [0.3, 0.4) is 0 Å². The van der Waals surface area contributed by atoms with Crippen LogP contribution in [-0.4, -0.2) is 42.1 Å². The third-order valence-electron chi connectivity index (χ3n) is 2.64. The van der Waals surface area contributed by atoms with E-state index in [1.807, 2.05) is 22.6 Å². The average Bonchev–Trinajstić information content (AvgIpc) is 2.73. The molecular formula is C12H22BrN3OS. The van der Waals surface area contributed by atoms with Crippen LogP contribution in [0.1, 0.15) is 25.1 Å². The summed E-state index contributed by atoms with van der Waals surface area (Å²) in [6.45, 7) is 4.67. The van der Waals surface area contributed by atoms with Crippen molar-refractivity contribution in [3.05, 3.63) is 16.4 Å². The highest BCUT2D eigenvalue weighted by molar-refractivity contribution is 9.10. The van der Waals surface area contributed by atoms with E-state index in [2.05, 4.69) is 39.5 Å². The summed E-state index contributed by atoms with van der Waals surface area (Å²) in [6, 6.07) is 0.327. The Balaban J connectivity index is 2.83. The quantitative estimate of drug-likeness (QED) is 0.753. The SMILES string of the molecule is CCCNC(CSC)c1c(Br)cnn1CCOC. The predicted molar refractivity (Wildman–Crippen MR) is 81.2 cm³/mol. The Labute approximate surface area is 122 Å². The summed E-state index contributed by atoms with van der Waals surface area (Å²) in [4.78, 5) is 0. The summed E-state index contributed by atoms with van der Waals surface area (Å²) in [5.74, 6) is 1.04. The first-order chi connectivity index (χ1) is 8.74. The van der Waals surface area contributed by atoms with Crippen LogP contribution in [0.4, 0.5) is 0 Å². The zero-order valence-electron chi connectivity index (χ0n) is 11.3. The standard InChI is InChI=1S/C12H22BrN3OS/c1-4-5-14-11(9-18-3)12-10(13)8-15-16(12)6-7-17-2/h8,11,14H,4-7,9H2,1-3H3. The minimum Gasteiger partial charge on any atom is -0.383 e. The van der Waals surface area contributed by atoms with E-state index in [0.29, 0.717) is 12.6 Å². The molecule has 1 heterocycles. The van der Waals surface area contributed by atoms with E-state index in [1.54, 1.807) is 7.11 Å². The molecule has 0 saturated heterocycles. The van der Waals surface area contributed by atoms with Crippen LogP contribution in [-0.2, 0) is 11.3 Å². The van der Waals surface area contributed by atoms with Gasteiger partial charge in [-0.1, -0.05) is 6.92 Å². The number of hydrogen-bond donors (Lipinski definition) is 1. The van der Waals surface area contributed by atoms with Crippen molar-refractivity contribution in [1.82, 2.24) is 15.1 Å². The third kappa shape index (κ3) is 4.57. The number of nitrogens with zero attached hydrogens (tertiary/aromatic N) is 2.